The summed E-state index contributed by atoms with van der Waals surface area (Å²) in [6, 6.07) is 0. The first kappa shape index (κ1) is 14.5. The van der Waals surface area contributed by atoms with Gasteiger partial charge in [-0.25, -0.2) is 0 Å². The predicted octanol–water partition coefficient (Wildman–Crippen LogP) is 1.03. The van der Waals surface area contributed by atoms with Crippen molar-refractivity contribution < 1.29 is 16.5 Å². The molecule has 0 atom stereocenters. The minimum Gasteiger partial charge on any atom is -0.813 e. The standard InChI is InChI=1S/C6H11NS2.Ni.H2S/c8-6(9)7-4-2-1-3-5-7;;/h1-5H2,(H,8,9);;1H2/q;+2;/p-2. The molecule has 1 aliphatic rings. The van der Waals surface area contributed by atoms with Crippen molar-refractivity contribution in [1.29, 1.82) is 0 Å². The molecule has 11 heavy (non-hydrogen) atoms. The number of thiol groups is 1. The third-order valence-corrected chi connectivity index (χ3v) is 2.13. The van der Waals surface area contributed by atoms with Crippen LogP contribution >= 0.6 is 12.2 Å². The van der Waals surface area contributed by atoms with Gasteiger partial charge < -0.3 is 43.2 Å². The van der Waals surface area contributed by atoms with Crippen LogP contribution in [0.25, 0.3) is 0 Å². The zero-order valence-electron chi connectivity index (χ0n) is 6.06. The SMILES string of the molecule is S=C([S-])N1CCCCC1.[Ni+2].[SH-]. The summed E-state index contributed by atoms with van der Waals surface area (Å²) in [6.07, 6.45) is 3.86. The molecule has 0 radical (unpaired) electrons. The quantitative estimate of drug-likeness (QED) is 0.274. The first-order valence-electron chi connectivity index (χ1n) is 3.26. The van der Waals surface area contributed by atoms with Crippen LogP contribution in [0.3, 0.4) is 0 Å². The third kappa shape index (κ3) is 5.23. The van der Waals surface area contributed by atoms with Crippen molar-refractivity contribution in [2.24, 2.45) is 0 Å². The summed E-state index contributed by atoms with van der Waals surface area (Å²) in [7, 11) is 0. The van der Waals surface area contributed by atoms with Gasteiger partial charge in [-0.15, -0.1) is 0 Å². The summed E-state index contributed by atoms with van der Waals surface area (Å²) >= 11 is 9.71. The van der Waals surface area contributed by atoms with E-state index in [1.165, 1.54) is 19.3 Å². The van der Waals surface area contributed by atoms with Crippen molar-refractivity contribution in [1.82, 2.24) is 4.90 Å². The van der Waals surface area contributed by atoms with Crippen LogP contribution in [-0.4, -0.2) is 22.3 Å². The monoisotopic (exact) mass is 251 g/mol. The molecule has 0 unspecified atom stereocenters. The van der Waals surface area contributed by atoms with E-state index in [1.54, 1.807) is 0 Å². The van der Waals surface area contributed by atoms with E-state index in [9.17, 15) is 0 Å². The molecule has 0 aromatic carbocycles. The molecule has 1 heterocycles. The fraction of sp³-hybridized carbons (Fsp3) is 0.833. The van der Waals surface area contributed by atoms with Gasteiger partial charge in [0.15, 0.2) is 0 Å². The summed E-state index contributed by atoms with van der Waals surface area (Å²) in [4.78, 5) is 2.11. The molecule has 68 valence electrons. The average molecular weight is 252 g/mol. The first-order valence-corrected chi connectivity index (χ1v) is 4.08. The number of thiocarbonyl (C=S) groups is 1. The fourth-order valence-electron chi connectivity index (χ4n) is 1.08. The van der Waals surface area contributed by atoms with Gasteiger partial charge in [0.25, 0.3) is 0 Å². The Morgan fingerprint density at radius 2 is 1.64 bits per heavy atom. The number of hydrogen-bond donors (Lipinski definition) is 0. The molecule has 1 aliphatic heterocycles. The number of nitrogens with zero attached hydrogens (tertiary/aromatic N) is 1. The van der Waals surface area contributed by atoms with Crippen LogP contribution in [0, 0.1) is 0 Å². The Balaban J connectivity index is 0. The van der Waals surface area contributed by atoms with E-state index in [0.29, 0.717) is 4.32 Å². The second-order valence-corrected chi connectivity index (χ2v) is 3.35. The Morgan fingerprint density at radius 3 is 1.91 bits per heavy atom. The molecule has 0 saturated carbocycles. The Kier molecular flexibility index (Phi) is 9.99. The molecule has 0 N–H and O–H groups in total. The smallest absolute Gasteiger partial charge is 0.813 e. The van der Waals surface area contributed by atoms with E-state index in [-0.39, 0.29) is 30.0 Å². The number of hydrogen-bond acceptors (Lipinski definition) is 3. The Morgan fingerprint density at radius 1 is 1.18 bits per heavy atom. The molecule has 0 spiro atoms. The molecule has 0 aromatic heterocycles. The molecule has 0 bridgehead atoms. The third-order valence-electron chi connectivity index (χ3n) is 1.61. The Labute approximate surface area is 96.1 Å². The largest absolute Gasteiger partial charge is 2.00 e. The van der Waals surface area contributed by atoms with E-state index in [2.05, 4.69) is 4.90 Å². The maximum Gasteiger partial charge on any atom is 2.00 e. The van der Waals surface area contributed by atoms with Gasteiger partial charge in [0, 0.05) is 13.1 Å². The second-order valence-electron chi connectivity index (χ2n) is 2.31. The number of piperidine rings is 1. The molecule has 0 aliphatic carbocycles. The van der Waals surface area contributed by atoms with E-state index in [4.69, 9.17) is 24.8 Å². The van der Waals surface area contributed by atoms with Crippen molar-refractivity contribution in [2.75, 3.05) is 13.1 Å². The Hall–Kier alpha value is 0.954. The summed E-state index contributed by atoms with van der Waals surface area (Å²) in [5.41, 5.74) is 0. The minimum absolute atomic E-state index is 0. The van der Waals surface area contributed by atoms with Gasteiger partial charge in [0.05, 0.1) is 0 Å². The van der Waals surface area contributed by atoms with Gasteiger partial charge in [-0.05, 0) is 19.3 Å². The predicted molar refractivity (Wildman–Crippen MR) is 54.1 cm³/mol. The maximum absolute atomic E-state index is 4.86. The van der Waals surface area contributed by atoms with Gasteiger partial charge in [-0.3, -0.25) is 0 Å². The van der Waals surface area contributed by atoms with Crippen LogP contribution in [0.15, 0.2) is 0 Å². The summed E-state index contributed by atoms with van der Waals surface area (Å²) in [5.74, 6) is 0. The molecule has 1 rings (SSSR count). The maximum atomic E-state index is 4.86. The van der Waals surface area contributed by atoms with Crippen LogP contribution in [0.2, 0.25) is 0 Å². The molecular formula is C6H11NNiS3. The van der Waals surface area contributed by atoms with Gasteiger partial charge in [0.2, 0.25) is 0 Å². The first-order chi connectivity index (χ1) is 4.30. The minimum atomic E-state index is 0. The molecule has 1 fully saturated rings. The van der Waals surface area contributed by atoms with Crippen molar-refractivity contribution in [3.63, 3.8) is 0 Å². The van der Waals surface area contributed by atoms with E-state index >= 15 is 0 Å². The van der Waals surface area contributed by atoms with Crippen molar-refractivity contribution >= 4 is 42.7 Å². The fourth-order valence-corrected chi connectivity index (χ4v) is 1.44. The van der Waals surface area contributed by atoms with Crippen LogP contribution in [0.1, 0.15) is 19.3 Å². The van der Waals surface area contributed by atoms with Crippen LogP contribution in [0.4, 0.5) is 0 Å². The van der Waals surface area contributed by atoms with Gasteiger partial charge in [-0.2, -0.15) is 0 Å². The van der Waals surface area contributed by atoms with Crippen LogP contribution in [0.5, 0.6) is 0 Å². The number of rotatable bonds is 0. The molecule has 1 nitrogen and oxygen atoms in total. The van der Waals surface area contributed by atoms with Crippen molar-refractivity contribution in [2.45, 2.75) is 19.3 Å². The van der Waals surface area contributed by atoms with E-state index < -0.39 is 0 Å². The molecule has 1 saturated heterocycles. The van der Waals surface area contributed by atoms with Crippen LogP contribution in [-0.2, 0) is 42.6 Å². The molecule has 0 amide bonds. The van der Waals surface area contributed by atoms with Gasteiger partial charge in [0.1, 0.15) is 0 Å². The molecular weight excluding hydrogens is 241 g/mol. The summed E-state index contributed by atoms with van der Waals surface area (Å²) in [5, 5.41) is 0. The normalized spacial score (nSPS) is 16.2. The zero-order chi connectivity index (χ0) is 6.69. The van der Waals surface area contributed by atoms with E-state index in [0.717, 1.165) is 13.1 Å². The molecule has 0 aromatic rings. The van der Waals surface area contributed by atoms with Crippen molar-refractivity contribution in [3.05, 3.63) is 0 Å². The molecule has 5 heteroatoms. The second kappa shape index (κ2) is 7.59. The zero-order valence-corrected chi connectivity index (χ0v) is 9.58. The summed E-state index contributed by atoms with van der Waals surface area (Å²) < 4.78 is 0.648. The Bertz CT molecular complexity index is 114. The van der Waals surface area contributed by atoms with Gasteiger partial charge >= 0.3 is 16.5 Å². The van der Waals surface area contributed by atoms with Crippen molar-refractivity contribution in [3.8, 4) is 0 Å². The topological polar surface area (TPSA) is 3.24 Å². The van der Waals surface area contributed by atoms with Crippen LogP contribution < -0.4 is 0 Å². The number of likely N-dealkylation sites (tertiary alicyclic amines) is 1. The van der Waals surface area contributed by atoms with Gasteiger partial charge in [-0.1, -0.05) is 4.32 Å². The van der Waals surface area contributed by atoms with E-state index in [1.807, 2.05) is 0 Å². The summed E-state index contributed by atoms with van der Waals surface area (Å²) in [6.45, 7) is 2.17. The average Bonchev–Trinajstić information content (AvgIpc) is 1.90.